The molecule has 2 aromatic rings. The van der Waals surface area contributed by atoms with Crippen LogP contribution in [0.2, 0.25) is 5.02 Å². The number of nitrogens with zero attached hydrogens (tertiary/aromatic N) is 1. The van der Waals surface area contributed by atoms with Crippen molar-refractivity contribution < 1.29 is 9.47 Å². The number of ether oxygens (including phenoxy) is 2. The molecule has 108 valence electrons. The third-order valence-corrected chi connectivity index (χ3v) is 3.17. The van der Waals surface area contributed by atoms with Crippen molar-refractivity contribution in [2.75, 3.05) is 25.6 Å². The van der Waals surface area contributed by atoms with Gasteiger partial charge in [-0.25, -0.2) is 0 Å². The highest BCUT2D eigenvalue weighted by Gasteiger charge is 2.04. The first-order chi connectivity index (χ1) is 10.2. The topological polar surface area (TPSA) is 54.3 Å². The number of nitrogens with one attached hydrogen (secondary N) is 1. The molecule has 0 saturated carbocycles. The van der Waals surface area contributed by atoms with Gasteiger partial charge in [0, 0.05) is 6.54 Å². The maximum atomic E-state index is 8.87. The van der Waals surface area contributed by atoms with E-state index in [1.54, 1.807) is 25.3 Å². The molecule has 0 unspecified atom stereocenters. The first-order valence-electron chi connectivity index (χ1n) is 6.44. The van der Waals surface area contributed by atoms with Crippen molar-refractivity contribution in [3.05, 3.63) is 53.1 Å². The van der Waals surface area contributed by atoms with E-state index in [1.165, 1.54) is 0 Å². The first kappa shape index (κ1) is 15.0. The number of benzene rings is 2. The highest BCUT2D eigenvalue weighted by Crippen LogP contribution is 2.26. The fourth-order valence-electron chi connectivity index (χ4n) is 1.82. The van der Waals surface area contributed by atoms with E-state index >= 15 is 0 Å². The zero-order chi connectivity index (χ0) is 15.1. The molecule has 4 nitrogen and oxygen atoms in total. The molecule has 0 aromatic heterocycles. The summed E-state index contributed by atoms with van der Waals surface area (Å²) in [6.07, 6.45) is 0. The van der Waals surface area contributed by atoms with Crippen LogP contribution in [0.3, 0.4) is 0 Å². The molecule has 0 radical (unpaired) electrons. The molecule has 2 rings (SSSR count). The second-order valence-electron chi connectivity index (χ2n) is 4.23. The van der Waals surface area contributed by atoms with Crippen molar-refractivity contribution in [1.29, 1.82) is 5.26 Å². The van der Waals surface area contributed by atoms with E-state index < -0.39 is 0 Å². The minimum absolute atomic E-state index is 0.452. The van der Waals surface area contributed by atoms with Gasteiger partial charge in [0.15, 0.2) is 11.5 Å². The van der Waals surface area contributed by atoms with Gasteiger partial charge in [0.25, 0.3) is 0 Å². The molecule has 2 aromatic carbocycles. The highest BCUT2D eigenvalue weighted by molar-refractivity contribution is 6.33. The number of nitriles is 1. The highest BCUT2D eigenvalue weighted by atomic mass is 35.5. The van der Waals surface area contributed by atoms with Crippen LogP contribution in [0.15, 0.2) is 42.5 Å². The lowest BCUT2D eigenvalue weighted by Gasteiger charge is -2.12. The molecule has 0 atom stereocenters. The number of anilines is 1. The van der Waals surface area contributed by atoms with Crippen LogP contribution in [-0.2, 0) is 0 Å². The molecular weight excluding hydrogens is 288 g/mol. The molecule has 0 bridgehead atoms. The van der Waals surface area contributed by atoms with Crippen LogP contribution in [-0.4, -0.2) is 20.3 Å². The molecule has 5 heteroatoms. The Morgan fingerprint density at radius 2 is 1.95 bits per heavy atom. The molecule has 1 N–H and O–H groups in total. The second kappa shape index (κ2) is 7.41. The lowest BCUT2D eigenvalue weighted by molar-refractivity contribution is 0.306. The number of hydrogen-bond donors (Lipinski definition) is 1. The van der Waals surface area contributed by atoms with Crippen LogP contribution in [0, 0.1) is 11.3 Å². The minimum Gasteiger partial charge on any atom is -0.493 e. The van der Waals surface area contributed by atoms with Gasteiger partial charge in [-0.2, -0.15) is 5.26 Å². The van der Waals surface area contributed by atoms with Crippen molar-refractivity contribution >= 4 is 17.3 Å². The minimum atomic E-state index is 0.452. The summed E-state index contributed by atoms with van der Waals surface area (Å²) in [6, 6.07) is 14.6. The summed E-state index contributed by atoms with van der Waals surface area (Å²) in [6.45, 7) is 1.01. The molecule has 0 heterocycles. The fourth-order valence-corrected chi connectivity index (χ4v) is 2.00. The van der Waals surface area contributed by atoms with Gasteiger partial charge < -0.3 is 14.8 Å². The Kier molecular flexibility index (Phi) is 5.30. The Labute approximate surface area is 128 Å². The average molecular weight is 303 g/mol. The maximum absolute atomic E-state index is 8.87. The lowest BCUT2D eigenvalue weighted by Crippen LogP contribution is -2.12. The predicted octanol–water partition coefficient (Wildman–Crippen LogP) is 3.71. The summed E-state index contributed by atoms with van der Waals surface area (Å²) in [7, 11) is 1.60. The van der Waals surface area contributed by atoms with Crippen molar-refractivity contribution in [3.63, 3.8) is 0 Å². The molecule has 21 heavy (non-hydrogen) atoms. The van der Waals surface area contributed by atoms with E-state index in [1.807, 2.05) is 24.3 Å². The Balaban J connectivity index is 1.89. The Morgan fingerprint density at radius 1 is 1.19 bits per heavy atom. The van der Waals surface area contributed by atoms with Crippen LogP contribution in [0.5, 0.6) is 11.5 Å². The van der Waals surface area contributed by atoms with E-state index in [0.29, 0.717) is 35.2 Å². The molecule has 0 aliphatic rings. The summed E-state index contributed by atoms with van der Waals surface area (Å²) in [5.41, 5.74) is 1.28. The van der Waals surface area contributed by atoms with E-state index in [4.69, 9.17) is 26.3 Å². The van der Waals surface area contributed by atoms with Gasteiger partial charge in [-0.05, 0) is 30.3 Å². The Morgan fingerprint density at radius 3 is 2.67 bits per heavy atom. The van der Waals surface area contributed by atoms with Gasteiger partial charge in [-0.1, -0.05) is 23.7 Å². The summed E-state index contributed by atoms with van der Waals surface area (Å²) >= 11 is 6.06. The molecule has 0 saturated heterocycles. The normalized spacial score (nSPS) is 9.76. The first-order valence-corrected chi connectivity index (χ1v) is 6.81. The van der Waals surface area contributed by atoms with E-state index in [9.17, 15) is 0 Å². The summed E-state index contributed by atoms with van der Waals surface area (Å²) in [5.74, 6) is 1.39. The summed E-state index contributed by atoms with van der Waals surface area (Å²) < 4.78 is 10.9. The zero-order valence-electron chi connectivity index (χ0n) is 11.6. The monoisotopic (exact) mass is 302 g/mol. The number of rotatable bonds is 6. The fraction of sp³-hybridized carbons (Fsp3) is 0.188. The Hall–Kier alpha value is -2.38. The van der Waals surface area contributed by atoms with E-state index in [2.05, 4.69) is 11.4 Å². The van der Waals surface area contributed by atoms with Gasteiger partial charge in [0.1, 0.15) is 6.61 Å². The number of para-hydroxylation sites is 2. The van der Waals surface area contributed by atoms with Crippen molar-refractivity contribution in [2.45, 2.75) is 0 Å². The largest absolute Gasteiger partial charge is 0.493 e. The van der Waals surface area contributed by atoms with Crippen molar-refractivity contribution in [1.82, 2.24) is 0 Å². The van der Waals surface area contributed by atoms with Gasteiger partial charge in [0.05, 0.1) is 29.5 Å². The summed E-state index contributed by atoms with van der Waals surface area (Å²) in [5, 5.41) is 12.6. The van der Waals surface area contributed by atoms with Crippen LogP contribution >= 0.6 is 11.6 Å². The van der Waals surface area contributed by atoms with Crippen molar-refractivity contribution in [2.24, 2.45) is 0 Å². The van der Waals surface area contributed by atoms with Crippen LogP contribution in [0.25, 0.3) is 0 Å². The molecule has 0 amide bonds. The third kappa shape index (κ3) is 4.04. The van der Waals surface area contributed by atoms with E-state index in [0.717, 1.165) is 5.69 Å². The number of halogens is 1. The van der Waals surface area contributed by atoms with Crippen LogP contribution in [0.1, 0.15) is 5.56 Å². The zero-order valence-corrected chi connectivity index (χ0v) is 12.4. The van der Waals surface area contributed by atoms with Gasteiger partial charge in [-0.15, -0.1) is 0 Å². The molecular formula is C16H15ClN2O2. The number of methoxy groups -OCH3 is 1. The second-order valence-corrected chi connectivity index (χ2v) is 4.64. The van der Waals surface area contributed by atoms with Crippen LogP contribution < -0.4 is 14.8 Å². The van der Waals surface area contributed by atoms with Gasteiger partial charge >= 0.3 is 0 Å². The standard InChI is InChI=1S/C16H15ClN2O2/c1-20-15-4-2-3-5-16(15)21-9-8-19-14-10-12(11-18)6-7-13(14)17/h2-7,10,19H,8-9H2,1H3. The quantitative estimate of drug-likeness (QED) is 0.826. The SMILES string of the molecule is COc1ccccc1OCCNc1cc(C#N)ccc1Cl. The molecule has 0 aliphatic heterocycles. The average Bonchev–Trinajstić information content (AvgIpc) is 2.53. The lowest BCUT2D eigenvalue weighted by atomic mass is 10.2. The predicted molar refractivity (Wildman–Crippen MR) is 83.1 cm³/mol. The molecule has 0 fully saturated rings. The maximum Gasteiger partial charge on any atom is 0.161 e. The third-order valence-electron chi connectivity index (χ3n) is 2.84. The Bertz CT molecular complexity index is 653. The van der Waals surface area contributed by atoms with Crippen LogP contribution in [0.4, 0.5) is 5.69 Å². The van der Waals surface area contributed by atoms with Gasteiger partial charge in [0.2, 0.25) is 0 Å². The van der Waals surface area contributed by atoms with E-state index in [-0.39, 0.29) is 0 Å². The molecule has 0 aliphatic carbocycles. The smallest absolute Gasteiger partial charge is 0.161 e. The summed E-state index contributed by atoms with van der Waals surface area (Å²) in [4.78, 5) is 0. The number of hydrogen-bond acceptors (Lipinski definition) is 4. The van der Waals surface area contributed by atoms with Gasteiger partial charge in [-0.3, -0.25) is 0 Å². The van der Waals surface area contributed by atoms with Crippen molar-refractivity contribution in [3.8, 4) is 17.6 Å². The molecule has 0 spiro atoms.